The van der Waals surface area contributed by atoms with Crippen molar-refractivity contribution < 1.29 is 14.4 Å². The molecule has 1 aliphatic rings. The number of nitrogens with zero attached hydrogens (tertiary/aromatic N) is 5. The van der Waals surface area contributed by atoms with Gasteiger partial charge in [-0.25, -0.2) is 14.8 Å². The minimum absolute atomic E-state index is 0.0825. The van der Waals surface area contributed by atoms with Crippen molar-refractivity contribution in [3.8, 4) is 0 Å². The summed E-state index contributed by atoms with van der Waals surface area (Å²) in [6, 6.07) is 15.9. The molecule has 2 N–H and O–H groups in total. The third-order valence-electron chi connectivity index (χ3n) is 5.71. The zero-order valence-corrected chi connectivity index (χ0v) is 19.3. The maximum absolute atomic E-state index is 13.2. The molecule has 0 aliphatic carbocycles. The molecular weight excluding hydrogens is 454 g/mol. The van der Waals surface area contributed by atoms with Gasteiger partial charge in [0.2, 0.25) is 5.91 Å². The van der Waals surface area contributed by atoms with E-state index in [9.17, 15) is 14.4 Å². The Hall–Kier alpha value is -3.99. The van der Waals surface area contributed by atoms with E-state index in [1.165, 1.54) is 0 Å². The number of nitrogens with one attached hydrogen (secondary N) is 2. The average Bonchev–Trinajstić information content (AvgIpc) is 3.36. The number of carbonyl (C=O) groups excluding carboxylic acids is 3. The van der Waals surface area contributed by atoms with Gasteiger partial charge in [-0.05, 0) is 31.0 Å². The van der Waals surface area contributed by atoms with Gasteiger partial charge < -0.3 is 5.32 Å². The lowest BCUT2D eigenvalue weighted by Gasteiger charge is -2.25. The van der Waals surface area contributed by atoms with E-state index in [2.05, 4.69) is 25.8 Å². The van der Waals surface area contributed by atoms with Crippen LogP contribution in [0, 0.1) is 6.92 Å². The number of aromatic nitrogens is 4. The molecule has 0 bridgehead atoms. The normalized spacial score (nSPS) is 18.0. The molecular formula is C23H21N7O3S. The summed E-state index contributed by atoms with van der Waals surface area (Å²) >= 11 is 1.14. The summed E-state index contributed by atoms with van der Waals surface area (Å²) < 4.78 is 1.60. The molecule has 11 heteroatoms. The highest BCUT2D eigenvalue weighted by molar-refractivity contribution is 7.99. The molecule has 1 fully saturated rings. The Morgan fingerprint density at radius 3 is 2.59 bits per heavy atom. The summed E-state index contributed by atoms with van der Waals surface area (Å²) in [6.45, 7) is 3.59. The van der Waals surface area contributed by atoms with Gasteiger partial charge in [0.25, 0.3) is 5.91 Å². The summed E-state index contributed by atoms with van der Waals surface area (Å²) in [6.07, 6.45) is 0.341. The van der Waals surface area contributed by atoms with Crippen molar-refractivity contribution in [2.24, 2.45) is 0 Å². The second-order valence-electron chi connectivity index (χ2n) is 7.83. The number of thioether (sulfide) groups is 1. The van der Waals surface area contributed by atoms with Crippen LogP contribution in [-0.2, 0) is 15.1 Å². The first kappa shape index (κ1) is 21.8. The van der Waals surface area contributed by atoms with Gasteiger partial charge in [-0.2, -0.15) is 9.52 Å². The van der Waals surface area contributed by atoms with Gasteiger partial charge in [0.15, 0.2) is 10.8 Å². The summed E-state index contributed by atoms with van der Waals surface area (Å²) in [5.74, 6) is -0.544. The number of para-hydroxylation sites is 1. The highest BCUT2D eigenvalue weighted by atomic mass is 32.2. The van der Waals surface area contributed by atoms with E-state index in [1.807, 2.05) is 37.3 Å². The first-order valence-corrected chi connectivity index (χ1v) is 11.7. The van der Waals surface area contributed by atoms with Crippen LogP contribution in [0.5, 0.6) is 0 Å². The minimum Gasteiger partial charge on any atom is -0.318 e. The third-order valence-corrected chi connectivity index (χ3v) is 6.64. The molecule has 4 amide bonds. The van der Waals surface area contributed by atoms with Crippen molar-refractivity contribution in [3.05, 3.63) is 66.0 Å². The molecule has 1 atom stereocenters. The number of hydrogen-bond donors (Lipinski definition) is 2. The Bertz CT molecular complexity index is 1440. The lowest BCUT2D eigenvalue weighted by atomic mass is 9.87. The third kappa shape index (κ3) is 3.54. The Morgan fingerprint density at radius 2 is 1.82 bits per heavy atom. The van der Waals surface area contributed by atoms with Crippen LogP contribution in [-0.4, -0.2) is 48.2 Å². The minimum atomic E-state index is -1.22. The standard InChI is InChI=1S/C23H21N7O3S/c1-3-23(15-9-5-4-6-10-15)20(32)30(21(33)26-23)28-18(31)13-34-22-25-17-12-8-7-11-16(17)19-24-14(2)27-29(19)22/h4-12H,3,13H2,1-2H3,(H,26,33)(H,28,31). The Morgan fingerprint density at radius 1 is 1.09 bits per heavy atom. The van der Waals surface area contributed by atoms with Crippen LogP contribution in [0.2, 0.25) is 0 Å². The molecule has 34 heavy (non-hydrogen) atoms. The van der Waals surface area contributed by atoms with E-state index in [4.69, 9.17) is 0 Å². The molecule has 0 spiro atoms. The van der Waals surface area contributed by atoms with Crippen LogP contribution in [0.25, 0.3) is 16.6 Å². The highest BCUT2D eigenvalue weighted by Crippen LogP contribution is 2.31. The lowest BCUT2D eigenvalue weighted by molar-refractivity contribution is -0.138. The van der Waals surface area contributed by atoms with Gasteiger partial charge in [0.05, 0.1) is 11.3 Å². The van der Waals surface area contributed by atoms with Crippen molar-refractivity contribution >= 4 is 46.2 Å². The fraction of sp³-hybridized carbons (Fsp3) is 0.217. The lowest BCUT2D eigenvalue weighted by Crippen LogP contribution is -2.49. The van der Waals surface area contributed by atoms with Crippen molar-refractivity contribution in [2.75, 3.05) is 5.75 Å². The average molecular weight is 476 g/mol. The summed E-state index contributed by atoms with van der Waals surface area (Å²) in [7, 11) is 0. The van der Waals surface area contributed by atoms with Crippen molar-refractivity contribution in [3.63, 3.8) is 0 Å². The Balaban J connectivity index is 1.35. The van der Waals surface area contributed by atoms with Crippen LogP contribution >= 0.6 is 11.8 Å². The number of urea groups is 1. The first-order chi connectivity index (χ1) is 16.4. The molecule has 0 radical (unpaired) electrons. The monoisotopic (exact) mass is 475 g/mol. The van der Waals surface area contributed by atoms with E-state index >= 15 is 0 Å². The number of carbonyl (C=O) groups is 3. The van der Waals surface area contributed by atoms with Crippen LogP contribution < -0.4 is 10.7 Å². The Kier molecular flexibility index (Phi) is 5.40. The SMILES string of the molecule is CCC1(c2ccccc2)NC(=O)N(NC(=O)CSc2nc3ccccc3c3nc(C)nn23)C1=O. The first-order valence-electron chi connectivity index (χ1n) is 10.7. The van der Waals surface area contributed by atoms with Gasteiger partial charge in [0, 0.05) is 5.39 Å². The van der Waals surface area contributed by atoms with Gasteiger partial charge in [0.1, 0.15) is 11.4 Å². The van der Waals surface area contributed by atoms with Gasteiger partial charge in [-0.3, -0.25) is 15.0 Å². The molecule has 5 rings (SSSR count). The Labute approximate surface area is 198 Å². The highest BCUT2D eigenvalue weighted by Gasteiger charge is 2.52. The topological polar surface area (TPSA) is 122 Å². The molecule has 1 aliphatic heterocycles. The quantitative estimate of drug-likeness (QED) is 0.250. The summed E-state index contributed by atoms with van der Waals surface area (Å²) in [5, 5.41) is 9.22. The fourth-order valence-corrected chi connectivity index (χ4v) is 4.79. The number of amides is 4. The molecule has 10 nitrogen and oxygen atoms in total. The number of rotatable bonds is 6. The molecule has 172 valence electrons. The molecule has 1 saturated heterocycles. The molecule has 3 heterocycles. The molecule has 0 saturated carbocycles. The van der Waals surface area contributed by atoms with Gasteiger partial charge in [-0.15, -0.1) is 5.10 Å². The van der Waals surface area contributed by atoms with E-state index in [0.29, 0.717) is 28.6 Å². The maximum Gasteiger partial charge on any atom is 0.344 e. The van der Waals surface area contributed by atoms with Crippen molar-refractivity contribution in [1.82, 2.24) is 35.3 Å². The predicted molar refractivity (Wildman–Crippen MR) is 126 cm³/mol. The van der Waals surface area contributed by atoms with Crippen molar-refractivity contribution in [1.29, 1.82) is 0 Å². The summed E-state index contributed by atoms with van der Waals surface area (Å²) in [5.41, 5.74) is 3.26. The number of imide groups is 1. The van der Waals surface area contributed by atoms with Crippen LogP contribution in [0.1, 0.15) is 24.7 Å². The van der Waals surface area contributed by atoms with Crippen LogP contribution in [0.4, 0.5) is 4.79 Å². The fourth-order valence-electron chi connectivity index (χ4n) is 4.05. The predicted octanol–water partition coefficient (Wildman–Crippen LogP) is 2.57. The second kappa shape index (κ2) is 8.41. The van der Waals surface area contributed by atoms with Crippen molar-refractivity contribution in [2.45, 2.75) is 31.0 Å². The van der Waals surface area contributed by atoms with E-state index in [0.717, 1.165) is 27.7 Å². The maximum atomic E-state index is 13.2. The zero-order chi connectivity index (χ0) is 23.9. The number of benzene rings is 2. The second-order valence-corrected chi connectivity index (χ2v) is 8.77. The molecule has 1 unspecified atom stereocenters. The van der Waals surface area contributed by atoms with E-state index in [-0.39, 0.29) is 5.75 Å². The number of aryl methyl sites for hydroxylation is 1. The summed E-state index contributed by atoms with van der Waals surface area (Å²) in [4.78, 5) is 47.6. The zero-order valence-electron chi connectivity index (χ0n) is 18.5. The molecule has 2 aromatic carbocycles. The largest absolute Gasteiger partial charge is 0.344 e. The molecule has 4 aromatic rings. The number of fused-ring (bicyclic) bond motifs is 3. The van der Waals surface area contributed by atoms with Gasteiger partial charge in [-0.1, -0.05) is 61.2 Å². The van der Waals surface area contributed by atoms with E-state index in [1.54, 1.807) is 35.7 Å². The number of hydrogen-bond acceptors (Lipinski definition) is 7. The number of hydrazine groups is 1. The smallest absolute Gasteiger partial charge is 0.318 e. The van der Waals surface area contributed by atoms with Crippen LogP contribution in [0.3, 0.4) is 0 Å². The van der Waals surface area contributed by atoms with Crippen LogP contribution in [0.15, 0.2) is 59.8 Å². The van der Waals surface area contributed by atoms with Gasteiger partial charge >= 0.3 is 6.03 Å². The molecule has 2 aromatic heterocycles. The van der Waals surface area contributed by atoms with E-state index < -0.39 is 23.4 Å².